The van der Waals surface area contributed by atoms with E-state index in [2.05, 4.69) is 0 Å². The first-order valence-corrected chi connectivity index (χ1v) is 3.80. The monoisotopic (exact) mass is 166 g/mol. The molecule has 1 aromatic carbocycles. The highest BCUT2D eigenvalue weighted by Gasteiger charge is 2.03. The van der Waals surface area contributed by atoms with E-state index in [1.54, 1.807) is 24.3 Å². The largest absolute Gasteiger partial charge is 0.455 e. The molecular formula is C9H12NO2. The molecule has 0 fully saturated rings. The van der Waals surface area contributed by atoms with Gasteiger partial charge in [0.15, 0.2) is 0 Å². The highest BCUT2D eigenvalue weighted by atomic mass is 16.6. The van der Waals surface area contributed by atoms with E-state index >= 15 is 0 Å². The quantitative estimate of drug-likeness (QED) is 0.674. The van der Waals surface area contributed by atoms with Gasteiger partial charge in [0.2, 0.25) is 0 Å². The zero-order valence-electron chi connectivity index (χ0n) is 6.95. The number of rotatable bonds is 3. The minimum atomic E-state index is 0.0137. The third-order valence-corrected chi connectivity index (χ3v) is 1.42. The smallest absolute Gasteiger partial charge is 0.273 e. The van der Waals surface area contributed by atoms with E-state index in [4.69, 9.17) is 15.6 Å². The molecular weight excluding hydrogens is 154 g/mol. The van der Waals surface area contributed by atoms with Crippen molar-refractivity contribution in [1.82, 2.24) is 0 Å². The van der Waals surface area contributed by atoms with Gasteiger partial charge in [0.25, 0.3) is 6.29 Å². The third kappa shape index (κ3) is 2.43. The second-order valence-electron chi connectivity index (χ2n) is 2.42. The molecule has 0 saturated carbocycles. The van der Waals surface area contributed by atoms with Crippen molar-refractivity contribution in [2.75, 3.05) is 5.73 Å². The van der Waals surface area contributed by atoms with Crippen LogP contribution in [0.5, 0.6) is 5.75 Å². The summed E-state index contributed by atoms with van der Waals surface area (Å²) in [5.74, 6) is 0.601. The average molecular weight is 166 g/mol. The van der Waals surface area contributed by atoms with E-state index in [0.29, 0.717) is 17.9 Å². The summed E-state index contributed by atoms with van der Waals surface area (Å²) in [5.41, 5.74) is 6.14. The van der Waals surface area contributed by atoms with Crippen molar-refractivity contribution < 1.29 is 9.84 Å². The van der Waals surface area contributed by atoms with Crippen molar-refractivity contribution in [1.29, 1.82) is 0 Å². The molecule has 1 radical (unpaired) electrons. The number of ether oxygens (including phenoxy) is 1. The van der Waals surface area contributed by atoms with Gasteiger partial charge >= 0.3 is 0 Å². The molecule has 0 aromatic heterocycles. The highest BCUT2D eigenvalue weighted by molar-refractivity contribution is 5.41. The normalized spacial score (nSPS) is 10.2. The van der Waals surface area contributed by atoms with Crippen molar-refractivity contribution in [3.05, 3.63) is 30.6 Å². The molecule has 0 bridgehead atoms. The minimum absolute atomic E-state index is 0.0137. The van der Waals surface area contributed by atoms with Crippen LogP contribution in [0.1, 0.15) is 13.3 Å². The summed E-state index contributed by atoms with van der Waals surface area (Å²) < 4.78 is 5.04. The van der Waals surface area contributed by atoms with Crippen LogP contribution in [0.15, 0.2) is 24.3 Å². The predicted molar refractivity (Wildman–Crippen MR) is 47.0 cm³/mol. The molecule has 1 rings (SSSR count). The van der Waals surface area contributed by atoms with Gasteiger partial charge in [0, 0.05) is 12.1 Å². The maximum Gasteiger partial charge on any atom is 0.273 e. The number of aliphatic hydroxyl groups is 1. The summed E-state index contributed by atoms with van der Waals surface area (Å²) in [7, 11) is 0. The van der Waals surface area contributed by atoms with Crippen molar-refractivity contribution in [2.24, 2.45) is 0 Å². The Bertz CT molecular complexity index is 233. The Labute approximate surface area is 71.8 Å². The van der Waals surface area contributed by atoms with E-state index < -0.39 is 0 Å². The van der Waals surface area contributed by atoms with Crippen molar-refractivity contribution in [2.45, 2.75) is 13.3 Å². The zero-order chi connectivity index (χ0) is 8.97. The Morgan fingerprint density at radius 2 is 2.00 bits per heavy atom. The fourth-order valence-corrected chi connectivity index (χ4v) is 0.744. The van der Waals surface area contributed by atoms with Crippen LogP contribution >= 0.6 is 0 Å². The molecule has 0 unspecified atom stereocenters. The number of benzene rings is 1. The van der Waals surface area contributed by atoms with Gasteiger partial charge in [-0.05, 0) is 24.3 Å². The first kappa shape index (κ1) is 8.87. The lowest BCUT2D eigenvalue weighted by molar-refractivity contribution is 0.0963. The van der Waals surface area contributed by atoms with Crippen LogP contribution < -0.4 is 10.5 Å². The number of aliphatic hydroxyl groups excluding tert-OH is 1. The van der Waals surface area contributed by atoms with Crippen molar-refractivity contribution in [3.8, 4) is 5.75 Å². The SMILES string of the molecule is CC[C](O)Oc1ccc(N)cc1. The van der Waals surface area contributed by atoms with Crippen LogP contribution in [0, 0.1) is 6.29 Å². The predicted octanol–water partition coefficient (Wildman–Crippen LogP) is 1.92. The molecule has 0 amide bonds. The maximum atomic E-state index is 9.04. The van der Waals surface area contributed by atoms with E-state index in [9.17, 15) is 0 Å². The molecule has 0 aliphatic rings. The Balaban J connectivity index is 2.58. The number of hydrogen-bond acceptors (Lipinski definition) is 3. The molecule has 0 heterocycles. The van der Waals surface area contributed by atoms with Crippen molar-refractivity contribution in [3.63, 3.8) is 0 Å². The summed E-state index contributed by atoms with van der Waals surface area (Å²) in [5, 5.41) is 9.04. The molecule has 0 saturated heterocycles. The number of hydrogen-bond donors (Lipinski definition) is 2. The molecule has 12 heavy (non-hydrogen) atoms. The van der Waals surface area contributed by atoms with Gasteiger partial charge in [-0.15, -0.1) is 0 Å². The topological polar surface area (TPSA) is 55.5 Å². The second-order valence-corrected chi connectivity index (χ2v) is 2.42. The zero-order valence-corrected chi connectivity index (χ0v) is 6.95. The standard InChI is InChI=1S/C9H12NO2/c1-2-9(11)12-8-5-3-7(10)4-6-8/h3-6,11H,2,10H2,1H3. The van der Waals surface area contributed by atoms with Crippen molar-refractivity contribution >= 4 is 5.69 Å². The second kappa shape index (κ2) is 3.97. The minimum Gasteiger partial charge on any atom is -0.455 e. The summed E-state index contributed by atoms with van der Waals surface area (Å²) in [6.07, 6.45) is 0.504. The van der Waals surface area contributed by atoms with E-state index in [0.717, 1.165) is 0 Å². The Hall–Kier alpha value is -1.22. The molecule has 1 aromatic rings. The summed E-state index contributed by atoms with van der Waals surface area (Å²) >= 11 is 0. The Morgan fingerprint density at radius 1 is 1.42 bits per heavy atom. The lowest BCUT2D eigenvalue weighted by Gasteiger charge is -2.08. The van der Waals surface area contributed by atoms with Crippen LogP contribution in [-0.4, -0.2) is 5.11 Å². The molecule has 3 N–H and O–H groups in total. The van der Waals surface area contributed by atoms with Gasteiger partial charge in [0.1, 0.15) is 5.75 Å². The van der Waals surface area contributed by atoms with Crippen LogP contribution in [-0.2, 0) is 0 Å². The van der Waals surface area contributed by atoms with Gasteiger partial charge in [0.05, 0.1) is 0 Å². The number of anilines is 1. The lowest BCUT2D eigenvalue weighted by Crippen LogP contribution is -2.03. The van der Waals surface area contributed by atoms with E-state index in [1.807, 2.05) is 6.92 Å². The molecule has 0 spiro atoms. The average Bonchev–Trinajstić information content (AvgIpc) is 2.09. The number of nitrogens with two attached hydrogens (primary N) is 1. The molecule has 0 atom stereocenters. The van der Waals surface area contributed by atoms with Crippen LogP contribution in [0.3, 0.4) is 0 Å². The Morgan fingerprint density at radius 3 is 2.50 bits per heavy atom. The molecule has 3 heteroatoms. The first-order valence-electron chi connectivity index (χ1n) is 3.80. The van der Waals surface area contributed by atoms with Gasteiger partial charge in [-0.3, -0.25) is 0 Å². The highest BCUT2D eigenvalue weighted by Crippen LogP contribution is 2.16. The molecule has 65 valence electrons. The van der Waals surface area contributed by atoms with Gasteiger partial charge in [-0.25, -0.2) is 0 Å². The fourth-order valence-electron chi connectivity index (χ4n) is 0.744. The summed E-state index contributed by atoms with van der Waals surface area (Å²) in [4.78, 5) is 0. The molecule has 3 nitrogen and oxygen atoms in total. The molecule has 0 aliphatic carbocycles. The molecule has 0 aliphatic heterocycles. The van der Waals surface area contributed by atoms with E-state index in [-0.39, 0.29) is 6.29 Å². The maximum absolute atomic E-state index is 9.04. The first-order chi connectivity index (χ1) is 5.72. The lowest BCUT2D eigenvalue weighted by atomic mass is 10.3. The number of nitrogen functional groups attached to an aromatic ring is 1. The fraction of sp³-hybridized carbons (Fsp3) is 0.222. The Kier molecular flexibility index (Phi) is 2.94. The van der Waals surface area contributed by atoms with Gasteiger partial charge < -0.3 is 15.6 Å². The van der Waals surface area contributed by atoms with Crippen LogP contribution in [0.25, 0.3) is 0 Å². The van der Waals surface area contributed by atoms with Crippen LogP contribution in [0.4, 0.5) is 5.69 Å². The summed E-state index contributed by atoms with van der Waals surface area (Å²) in [6.45, 7) is 1.81. The van der Waals surface area contributed by atoms with Gasteiger partial charge in [-0.1, -0.05) is 6.92 Å². The third-order valence-electron chi connectivity index (χ3n) is 1.42. The van der Waals surface area contributed by atoms with Crippen LogP contribution in [0.2, 0.25) is 0 Å². The van der Waals surface area contributed by atoms with E-state index in [1.165, 1.54) is 0 Å². The van der Waals surface area contributed by atoms with Gasteiger partial charge in [-0.2, -0.15) is 0 Å². The summed E-state index contributed by atoms with van der Waals surface area (Å²) in [6, 6.07) is 6.86.